The monoisotopic (exact) mass is 299 g/mol. The molecular weight excluding hydrogens is 286 g/mol. The molecule has 1 N–H and O–H groups in total. The number of aromatic amines is 1. The van der Waals surface area contributed by atoms with E-state index >= 15 is 0 Å². The van der Waals surface area contributed by atoms with Crippen LogP contribution in [0.25, 0.3) is 10.9 Å². The van der Waals surface area contributed by atoms with Crippen LogP contribution in [-0.4, -0.2) is 11.0 Å². The van der Waals surface area contributed by atoms with Crippen LogP contribution in [0.5, 0.6) is 0 Å². The van der Waals surface area contributed by atoms with Crippen LogP contribution >= 0.6 is 11.6 Å². The van der Waals surface area contributed by atoms with Crippen LogP contribution in [0.1, 0.15) is 29.1 Å². The second kappa shape index (κ2) is 5.62. The van der Waals surface area contributed by atoms with Crippen LogP contribution in [0.15, 0.2) is 54.6 Å². The second-order valence-corrected chi connectivity index (χ2v) is 5.25. The summed E-state index contributed by atoms with van der Waals surface area (Å²) in [7, 11) is 0. The zero-order chi connectivity index (χ0) is 14.8. The smallest absolute Gasteiger partial charge is 0.355 e. The highest BCUT2D eigenvalue weighted by Gasteiger charge is 2.17. The maximum Gasteiger partial charge on any atom is 0.355 e. The molecule has 0 aliphatic carbocycles. The average Bonchev–Trinajstić information content (AvgIpc) is 2.91. The topological polar surface area (TPSA) is 42.1 Å². The van der Waals surface area contributed by atoms with Crippen LogP contribution in [0.2, 0.25) is 5.02 Å². The summed E-state index contributed by atoms with van der Waals surface area (Å²) in [6.07, 6.45) is -0.405. The van der Waals surface area contributed by atoms with E-state index in [1.807, 2.05) is 49.4 Å². The lowest BCUT2D eigenvalue weighted by molar-refractivity contribution is 0.0332. The summed E-state index contributed by atoms with van der Waals surface area (Å²) in [5.41, 5.74) is 2.15. The molecule has 21 heavy (non-hydrogen) atoms. The van der Waals surface area contributed by atoms with E-state index in [4.69, 9.17) is 16.3 Å². The molecule has 0 bridgehead atoms. The molecule has 0 saturated carbocycles. The summed E-state index contributed by atoms with van der Waals surface area (Å²) >= 11 is 6.11. The molecule has 1 heterocycles. The normalized spacial score (nSPS) is 12.3. The van der Waals surface area contributed by atoms with Gasteiger partial charge in [-0.2, -0.15) is 0 Å². The Labute approximate surface area is 127 Å². The minimum absolute atomic E-state index is 0.390. The number of ether oxygens (including phenoxy) is 1. The first-order chi connectivity index (χ1) is 10.1. The van der Waals surface area contributed by atoms with Crippen LogP contribution in [0.4, 0.5) is 0 Å². The predicted octanol–water partition coefficient (Wildman–Crippen LogP) is 4.74. The fourth-order valence-electron chi connectivity index (χ4n) is 2.28. The molecular formula is C17H14ClNO2. The third kappa shape index (κ3) is 2.78. The molecule has 1 aromatic heterocycles. The summed E-state index contributed by atoms with van der Waals surface area (Å²) in [6.45, 7) is 1.81. The minimum Gasteiger partial charge on any atom is -0.453 e. The summed E-state index contributed by atoms with van der Waals surface area (Å²) in [4.78, 5) is 15.3. The van der Waals surface area contributed by atoms with Gasteiger partial charge in [0, 0.05) is 21.5 Å². The second-order valence-electron chi connectivity index (χ2n) is 4.84. The Morgan fingerprint density at radius 1 is 1.14 bits per heavy atom. The Morgan fingerprint density at radius 2 is 1.86 bits per heavy atom. The average molecular weight is 300 g/mol. The Bertz CT molecular complexity index is 761. The number of carbonyl (C=O) groups is 1. The highest BCUT2D eigenvalue weighted by atomic mass is 35.5. The van der Waals surface area contributed by atoms with Gasteiger partial charge in [0.05, 0.1) is 0 Å². The van der Waals surface area contributed by atoms with Crippen molar-refractivity contribution in [1.82, 2.24) is 4.98 Å². The van der Waals surface area contributed by atoms with E-state index in [1.165, 1.54) is 0 Å². The van der Waals surface area contributed by atoms with Crippen molar-refractivity contribution in [3.05, 3.63) is 70.9 Å². The largest absolute Gasteiger partial charge is 0.453 e. The van der Waals surface area contributed by atoms with E-state index in [0.29, 0.717) is 10.7 Å². The molecule has 0 spiro atoms. The Hall–Kier alpha value is -2.26. The number of aromatic nitrogens is 1. The number of fused-ring (bicyclic) bond motifs is 1. The van der Waals surface area contributed by atoms with Gasteiger partial charge < -0.3 is 9.72 Å². The highest BCUT2D eigenvalue weighted by molar-refractivity contribution is 6.31. The molecule has 0 radical (unpaired) electrons. The lowest BCUT2D eigenvalue weighted by Gasteiger charge is -2.14. The van der Waals surface area contributed by atoms with Crippen molar-refractivity contribution in [1.29, 1.82) is 0 Å². The van der Waals surface area contributed by atoms with E-state index in [2.05, 4.69) is 4.98 Å². The number of benzene rings is 2. The summed E-state index contributed by atoms with van der Waals surface area (Å²) in [5.74, 6) is -0.390. The maximum absolute atomic E-state index is 12.2. The van der Waals surface area contributed by atoms with Crippen molar-refractivity contribution in [2.24, 2.45) is 0 Å². The molecule has 1 atom stereocenters. The summed E-state index contributed by atoms with van der Waals surface area (Å²) < 4.78 is 5.48. The van der Waals surface area contributed by atoms with Gasteiger partial charge >= 0.3 is 5.97 Å². The summed E-state index contributed by atoms with van der Waals surface area (Å²) in [6, 6.07) is 16.8. The van der Waals surface area contributed by atoms with Gasteiger partial charge in [-0.3, -0.25) is 0 Å². The zero-order valence-corrected chi connectivity index (χ0v) is 12.2. The quantitative estimate of drug-likeness (QED) is 0.710. The maximum atomic E-state index is 12.2. The SMILES string of the molecule is C[C@H](OC(=O)c1cc2ccccc2[nH]1)c1ccccc1Cl. The first-order valence-corrected chi connectivity index (χ1v) is 7.06. The minimum atomic E-state index is -0.405. The summed E-state index contributed by atoms with van der Waals surface area (Å²) in [5, 5.41) is 1.57. The van der Waals surface area contributed by atoms with Crippen LogP contribution < -0.4 is 0 Å². The fraction of sp³-hybridized carbons (Fsp3) is 0.118. The standard InChI is InChI=1S/C17H14ClNO2/c1-11(13-7-3-4-8-14(13)18)21-17(20)16-10-12-6-2-5-9-15(12)19-16/h2-11,19H,1H3/t11-/m0/s1. The lowest BCUT2D eigenvalue weighted by Crippen LogP contribution is -2.09. The van der Waals surface area contributed by atoms with E-state index in [0.717, 1.165) is 16.5 Å². The van der Waals surface area contributed by atoms with Crippen molar-refractivity contribution < 1.29 is 9.53 Å². The number of rotatable bonds is 3. The van der Waals surface area contributed by atoms with Crippen molar-refractivity contribution >= 4 is 28.5 Å². The fourth-order valence-corrected chi connectivity index (χ4v) is 2.57. The Balaban J connectivity index is 1.81. The molecule has 4 heteroatoms. The zero-order valence-electron chi connectivity index (χ0n) is 11.5. The Kier molecular flexibility index (Phi) is 3.67. The number of esters is 1. The van der Waals surface area contributed by atoms with Gasteiger partial charge in [-0.1, -0.05) is 48.0 Å². The molecule has 0 unspecified atom stereocenters. The van der Waals surface area contributed by atoms with Gasteiger partial charge in [0.1, 0.15) is 11.8 Å². The third-order valence-electron chi connectivity index (χ3n) is 3.38. The molecule has 0 fully saturated rings. The van der Waals surface area contributed by atoms with Crippen LogP contribution in [-0.2, 0) is 4.74 Å². The van der Waals surface area contributed by atoms with E-state index < -0.39 is 12.1 Å². The molecule has 3 aromatic rings. The van der Waals surface area contributed by atoms with Crippen molar-refractivity contribution in [2.75, 3.05) is 0 Å². The van der Waals surface area contributed by atoms with Crippen LogP contribution in [0.3, 0.4) is 0 Å². The number of hydrogen-bond donors (Lipinski definition) is 1. The number of para-hydroxylation sites is 1. The lowest BCUT2D eigenvalue weighted by atomic mass is 10.1. The number of H-pyrrole nitrogens is 1. The van der Waals surface area contributed by atoms with Gasteiger partial charge in [0.2, 0.25) is 0 Å². The van der Waals surface area contributed by atoms with Crippen molar-refractivity contribution in [3.8, 4) is 0 Å². The molecule has 0 saturated heterocycles. The van der Waals surface area contributed by atoms with Crippen LogP contribution in [0, 0.1) is 0 Å². The van der Waals surface area contributed by atoms with Gasteiger partial charge in [-0.25, -0.2) is 4.79 Å². The van der Waals surface area contributed by atoms with Gasteiger partial charge in [0.15, 0.2) is 0 Å². The first-order valence-electron chi connectivity index (χ1n) is 6.68. The molecule has 106 valence electrons. The van der Waals surface area contributed by atoms with E-state index in [9.17, 15) is 4.79 Å². The number of carbonyl (C=O) groups excluding carboxylic acids is 1. The predicted molar refractivity (Wildman–Crippen MR) is 83.6 cm³/mol. The first kappa shape index (κ1) is 13.7. The van der Waals surface area contributed by atoms with Gasteiger partial charge in [0.25, 0.3) is 0 Å². The highest BCUT2D eigenvalue weighted by Crippen LogP contribution is 2.26. The van der Waals surface area contributed by atoms with Gasteiger partial charge in [-0.05, 0) is 25.1 Å². The number of halogens is 1. The molecule has 0 aliphatic heterocycles. The molecule has 0 aliphatic rings. The van der Waals surface area contributed by atoms with Crippen molar-refractivity contribution in [2.45, 2.75) is 13.0 Å². The Morgan fingerprint density at radius 3 is 2.62 bits per heavy atom. The molecule has 3 nitrogen and oxygen atoms in total. The number of hydrogen-bond acceptors (Lipinski definition) is 2. The molecule has 3 rings (SSSR count). The molecule has 0 amide bonds. The third-order valence-corrected chi connectivity index (χ3v) is 3.72. The van der Waals surface area contributed by atoms with E-state index in [1.54, 1.807) is 12.1 Å². The van der Waals surface area contributed by atoms with E-state index in [-0.39, 0.29) is 0 Å². The van der Waals surface area contributed by atoms with Gasteiger partial charge in [-0.15, -0.1) is 0 Å². The van der Waals surface area contributed by atoms with Crippen molar-refractivity contribution in [3.63, 3.8) is 0 Å². The number of nitrogens with one attached hydrogen (secondary N) is 1. The molecule has 2 aromatic carbocycles.